The fourth-order valence-corrected chi connectivity index (χ4v) is 2.38. The number of halogens is 1. The maximum absolute atomic E-state index is 11.9. The number of nitrogens with zero attached hydrogens (tertiary/aromatic N) is 2. The molecular formula is C16H18ClN3O3. The number of benzene rings is 1. The monoisotopic (exact) mass is 335 g/mol. The molecule has 2 N–H and O–H groups in total. The summed E-state index contributed by atoms with van der Waals surface area (Å²) in [7, 11) is 0. The van der Waals surface area contributed by atoms with Crippen molar-refractivity contribution >= 4 is 17.5 Å². The van der Waals surface area contributed by atoms with Crippen molar-refractivity contribution in [1.82, 2.24) is 15.5 Å². The molecule has 2 atom stereocenters. The van der Waals surface area contributed by atoms with Gasteiger partial charge in [-0.2, -0.15) is 4.98 Å². The SMILES string of the molecule is C[C@H](O)[C@@H](NC(=O)C1CC1)c1nc(Cc2ccc(Cl)cc2)no1. The molecular weight excluding hydrogens is 318 g/mol. The van der Waals surface area contributed by atoms with E-state index in [0.717, 1.165) is 18.4 Å². The predicted molar refractivity (Wildman–Crippen MR) is 83.8 cm³/mol. The van der Waals surface area contributed by atoms with Gasteiger partial charge in [0.1, 0.15) is 6.04 Å². The molecule has 0 aliphatic heterocycles. The number of aliphatic hydroxyl groups is 1. The van der Waals surface area contributed by atoms with Crippen LogP contribution in [0.5, 0.6) is 0 Å². The first kappa shape index (κ1) is 16.0. The van der Waals surface area contributed by atoms with Gasteiger partial charge in [-0.3, -0.25) is 4.79 Å². The summed E-state index contributed by atoms with van der Waals surface area (Å²) in [5.41, 5.74) is 0.998. The Morgan fingerprint density at radius 2 is 2.13 bits per heavy atom. The number of hydrogen-bond donors (Lipinski definition) is 2. The Kier molecular flexibility index (Phi) is 4.63. The van der Waals surface area contributed by atoms with E-state index < -0.39 is 12.1 Å². The second kappa shape index (κ2) is 6.68. The van der Waals surface area contributed by atoms with Gasteiger partial charge >= 0.3 is 0 Å². The molecule has 0 radical (unpaired) electrons. The van der Waals surface area contributed by atoms with E-state index in [9.17, 15) is 9.90 Å². The van der Waals surface area contributed by atoms with Crippen LogP contribution in [0.3, 0.4) is 0 Å². The molecule has 7 heteroatoms. The molecule has 1 aromatic carbocycles. The fourth-order valence-electron chi connectivity index (χ4n) is 2.26. The van der Waals surface area contributed by atoms with E-state index >= 15 is 0 Å². The van der Waals surface area contributed by atoms with E-state index in [1.165, 1.54) is 0 Å². The van der Waals surface area contributed by atoms with Crippen LogP contribution in [-0.4, -0.2) is 27.3 Å². The summed E-state index contributed by atoms with van der Waals surface area (Å²) in [6.07, 6.45) is 1.46. The summed E-state index contributed by atoms with van der Waals surface area (Å²) in [4.78, 5) is 16.2. The Balaban J connectivity index is 1.70. The topological polar surface area (TPSA) is 88.2 Å². The maximum atomic E-state index is 11.9. The van der Waals surface area contributed by atoms with E-state index in [4.69, 9.17) is 16.1 Å². The average molecular weight is 336 g/mol. The summed E-state index contributed by atoms with van der Waals surface area (Å²) < 4.78 is 5.22. The van der Waals surface area contributed by atoms with Crippen LogP contribution >= 0.6 is 11.6 Å². The summed E-state index contributed by atoms with van der Waals surface area (Å²) in [5, 5.41) is 17.3. The molecule has 1 aliphatic carbocycles. The van der Waals surface area contributed by atoms with Crippen LogP contribution in [0.2, 0.25) is 5.02 Å². The minimum Gasteiger partial charge on any atom is -0.391 e. The lowest BCUT2D eigenvalue weighted by Crippen LogP contribution is -2.36. The van der Waals surface area contributed by atoms with Crippen LogP contribution in [0.4, 0.5) is 0 Å². The minimum atomic E-state index is -0.818. The largest absolute Gasteiger partial charge is 0.391 e. The number of amides is 1. The van der Waals surface area contributed by atoms with Gasteiger partial charge in [0, 0.05) is 17.4 Å². The zero-order chi connectivity index (χ0) is 16.4. The van der Waals surface area contributed by atoms with Gasteiger partial charge in [-0.15, -0.1) is 0 Å². The third-order valence-corrected chi connectivity index (χ3v) is 4.01. The lowest BCUT2D eigenvalue weighted by Gasteiger charge is -2.17. The molecule has 0 unspecified atom stereocenters. The highest BCUT2D eigenvalue weighted by atomic mass is 35.5. The number of aliphatic hydroxyl groups excluding tert-OH is 1. The maximum Gasteiger partial charge on any atom is 0.251 e. The van der Waals surface area contributed by atoms with Crippen molar-refractivity contribution in [3.8, 4) is 0 Å². The van der Waals surface area contributed by atoms with Crippen molar-refractivity contribution in [2.45, 2.75) is 38.3 Å². The molecule has 1 aliphatic rings. The van der Waals surface area contributed by atoms with Crippen molar-refractivity contribution in [2.75, 3.05) is 0 Å². The van der Waals surface area contributed by atoms with Gasteiger partial charge in [0.25, 0.3) is 5.89 Å². The third-order valence-electron chi connectivity index (χ3n) is 3.75. The molecule has 0 spiro atoms. The van der Waals surface area contributed by atoms with E-state index in [2.05, 4.69) is 15.5 Å². The van der Waals surface area contributed by atoms with Crippen molar-refractivity contribution in [3.05, 3.63) is 46.6 Å². The zero-order valence-corrected chi connectivity index (χ0v) is 13.5. The van der Waals surface area contributed by atoms with E-state index in [0.29, 0.717) is 17.3 Å². The lowest BCUT2D eigenvalue weighted by atomic mass is 10.1. The summed E-state index contributed by atoms with van der Waals surface area (Å²) in [5.74, 6) is 0.688. The Morgan fingerprint density at radius 1 is 1.43 bits per heavy atom. The van der Waals surface area contributed by atoms with Gasteiger partial charge in [0.05, 0.1) is 6.10 Å². The van der Waals surface area contributed by atoms with Crippen LogP contribution in [0.1, 0.15) is 43.1 Å². The smallest absolute Gasteiger partial charge is 0.251 e. The quantitative estimate of drug-likeness (QED) is 0.845. The van der Waals surface area contributed by atoms with E-state index in [-0.39, 0.29) is 17.7 Å². The van der Waals surface area contributed by atoms with Crippen molar-refractivity contribution in [2.24, 2.45) is 5.92 Å². The molecule has 23 heavy (non-hydrogen) atoms. The van der Waals surface area contributed by atoms with Crippen molar-refractivity contribution in [3.63, 3.8) is 0 Å². The molecule has 1 heterocycles. The molecule has 1 amide bonds. The Labute approximate surface area is 138 Å². The Bertz CT molecular complexity index is 680. The summed E-state index contributed by atoms with van der Waals surface area (Å²) in [6, 6.07) is 6.69. The Hall–Kier alpha value is -1.92. The van der Waals surface area contributed by atoms with Gasteiger partial charge in [-0.1, -0.05) is 28.9 Å². The van der Waals surface area contributed by atoms with Gasteiger partial charge in [-0.25, -0.2) is 0 Å². The number of nitrogens with one attached hydrogen (secondary N) is 1. The van der Waals surface area contributed by atoms with Gasteiger partial charge in [0.2, 0.25) is 5.91 Å². The van der Waals surface area contributed by atoms with Crippen LogP contribution in [0, 0.1) is 5.92 Å². The van der Waals surface area contributed by atoms with E-state index in [1.54, 1.807) is 19.1 Å². The second-order valence-electron chi connectivity index (χ2n) is 5.85. The third kappa shape index (κ3) is 4.09. The van der Waals surface area contributed by atoms with Crippen LogP contribution in [-0.2, 0) is 11.2 Å². The molecule has 2 aromatic rings. The fraction of sp³-hybridized carbons (Fsp3) is 0.438. The average Bonchev–Trinajstić information content (AvgIpc) is 3.27. The molecule has 3 rings (SSSR count). The molecule has 0 bridgehead atoms. The number of carbonyl (C=O) groups excluding carboxylic acids is 1. The van der Waals surface area contributed by atoms with Gasteiger partial charge in [0.15, 0.2) is 5.82 Å². The zero-order valence-electron chi connectivity index (χ0n) is 12.7. The molecule has 122 valence electrons. The van der Waals surface area contributed by atoms with Crippen molar-refractivity contribution in [1.29, 1.82) is 0 Å². The lowest BCUT2D eigenvalue weighted by molar-refractivity contribution is -0.124. The molecule has 1 aromatic heterocycles. The molecule has 0 saturated heterocycles. The first-order chi connectivity index (χ1) is 11.0. The van der Waals surface area contributed by atoms with Crippen LogP contribution in [0.25, 0.3) is 0 Å². The van der Waals surface area contributed by atoms with Crippen LogP contribution < -0.4 is 5.32 Å². The highest BCUT2D eigenvalue weighted by Gasteiger charge is 2.34. The van der Waals surface area contributed by atoms with Crippen molar-refractivity contribution < 1.29 is 14.4 Å². The van der Waals surface area contributed by atoms with Crippen LogP contribution in [0.15, 0.2) is 28.8 Å². The highest BCUT2D eigenvalue weighted by Crippen LogP contribution is 2.30. The van der Waals surface area contributed by atoms with Gasteiger partial charge < -0.3 is 14.9 Å². The standard InChI is InChI=1S/C16H18ClN3O3/c1-9(21)14(19-15(22)11-4-5-11)16-18-13(20-23-16)8-10-2-6-12(17)7-3-10/h2-3,6-7,9,11,14,21H,4-5,8H2,1H3,(H,19,22)/t9-,14+/m0/s1. The molecule has 6 nitrogen and oxygen atoms in total. The predicted octanol–water partition coefficient (Wildman–Crippen LogP) is 2.26. The summed E-state index contributed by atoms with van der Waals surface area (Å²) in [6.45, 7) is 1.58. The number of carbonyl (C=O) groups is 1. The second-order valence-corrected chi connectivity index (χ2v) is 6.29. The first-order valence-electron chi connectivity index (χ1n) is 7.58. The first-order valence-corrected chi connectivity index (χ1v) is 7.96. The summed E-state index contributed by atoms with van der Waals surface area (Å²) >= 11 is 5.86. The number of rotatable bonds is 6. The number of aromatic nitrogens is 2. The Morgan fingerprint density at radius 3 is 2.74 bits per heavy atom. The van der Waals surface area contributed by atoms with E-state index in [1.807, 2.05) is 12.1 Å². The highest BCUT2D eigenvalue weighted by molar-refractivity contribution is 6.30. The molecule has 1 saturated carbocycles. The number of hydrogen-bond acceptors (Lipinski definition) is 5. The minimum absolute atomic E-state index is 0.0488. The normalized spacial score (nSPS) is 16.8. The van der Waals surface area contributed by atoms with Gasteiger partial charge in [-0.05, 0) is 37.5 Å². The molecule has 1 fully saturated rings.